The van der Waals surface area contributed by atoms with Crippen LogP contribution in [0.15, 0.2) is 72.9 Å². The molecule has 0 aliphatic carbocycles. The molecular weight excluding hydrogens is 264 g/mol. The average molecular weight is 301 g/mol. The summed E-state index contributed by atoms with van der Waals surface area (Å²) in [6.45, 7) is 19.9. The van der Waals surface area contributed by atoms with E-state index in [0.29, 0.717) is 0 Å². The highest BCUT2D eigenvalue weighted by atomic mass is 13.9. The van der Waals surface area contributed by atoms with Gasteiger partial charge in [-0.05, 0) is 66.5 Å². The molecule has 0 bridgehead atoms. The minimum absolute atomic E-state index is 1.11. The fourth-order valence-electron chi connectivity index (χ4n) is 0.947. The van der Waals surface area contributed by atoms with Gasteiger partial charge in [0.25, 0.3) is 0 Å². The standard InChI is InChI=1S/C8H10.C6H10.2C4H8/c1-7-5-3-4-6-8(7)2;1-4-5-6(2)3;2*1-3-4-2/h3-6H,1-2H3;4-5H,2H2,1,3H3;2*3-4H,1-2H3/b;5-4+;2*4-3-. The van der Waals surface area contributed by atoms with Crippen molar-refractivity contribution in [1.29, 1.82) is 0 Å². The molecule has 0 aliphatic rings. The van der Waals surface area contributed by atoms with E-state index in [1.54, 1.807) is 0 Å². The van der Waals surface area contributed by atoms with Crippen LogP contribution in [0.3, 0.4) is 0 Å². The first-order valence-corrected chi connectivity index (χ1v) is 7.86. The van der Waals surface area contributed by atoms with Crippen molar-refractivity contribution in [1.82, 2.24) is 0 Å². The second-order valence-corrected chi connectivity index (χ2v) is 4.76. The van der Waals surface area contributed by atoms with Gasteiger partial charge < -0.3 is 0 Å². The molecule has 0 N–H and O–H groups in total. The minimum Gasteiger partial charge on any atom is -0.0961 e. The van der Waals surface area contributed by atoms with Gasteiger partial charge in [0, 0.05) is 0 Å². The van der Waals surface area contributed by atoms with Crippen LogP contribution in [-0.2, 0) is 0 Å². The summed E-state index contributed by atoms with van der Waals surface area (Å²) in [5.74, 6) is 0. The van der Waals surface area contributed by atoms with Crippen LogP contribution in [0.5, 0.6) is 0 Å². The van der Waals surface area contributed by atoms with Gasteiger partial charge in [0.1, 0.15) is 0 Å². The number of hydrogen-bond acceptors (Lipinski definition) is 0. The molecule has 0 heteroatoms. The van der Waals surface area contributed by atoms with Crippen LogP contribution in [0, 0.1) is 13.8 Å². The van der Waals surface area contributed by atoms with E-state index in [1.807, 2.05) is 78.0 Å². The third-order valence-corrected chi connectivity index (χ3v) is 2.54. The number of allylic oxidation sites excluding steroid dienone is 7. The number of benzene rings is 1. The molecule has 0 unspecified atom stereocenters. The van der Waals surface area contributed by atoms with Crippen LogP contribution < -0.4 is 0 Å². The lowest BCUT2D eigenvalue weighted by Gasteiger charge is -1.93. The van der Waals surface area contributed by atoms with Gasteiger partial charge in [0.2, 0.25) is 0 Å². The van der Waals surface area contributed by atoms with Gasteiger partial charge in [0.05, 0.1) is 0 Å². The van der Waals surface area contributed by atoms with Crippen molar-refractivity contribution >= 4 is 0 Å². The van der Waals surface area contributed by atoms with Gasteiger partial charge in [-0.15, -0.1) is 0 Å². The molecule has 0 radical (unpaired) electrons. The first-order chi connectivity index (χ1) is 10.4. The van der Waals surface area contributed by atoms with Crippen LogP contribution in [0.2, 0.25) is 0 Å². The van der Waals surface area contributed by atoms with Crippen LogP contribution in [-0.4, -0.2) is 0 Å². The smallest absolute Gasteiger partial charge is 0.0395 e. The molecule has 0 aliphatic heterocycles. The Morgan fingerprint density at radius 1 is 0.727 bits per heavy atom. The first kappa shape index (κ1) is 25.2. The maximum absolute atomic E-state index is 3.66. The highest BCUT2D eigenvalue weighted by Crippen LogP contribution is 2.02. The second kappa shape index (κ2) is 21.5. The molecule has 1 aromatic carbocycles. The zero-order chi connectivity index (χ0) is 17.8. The predicted molar refractivity (Wildman–Crippen MR) is 107 cm³/mol. The number of rotatable bonds is 1. The zero-order valence-electron chi connectivity index (χ0n) is 16.0. The Labute approximate surface area is 140 Å². The van der Waals surface area contributed by atoms with E-state index in [4.69, 9.17) is 0 Å². The summed E-state index contributed by atoms with van der Waals surface area (Å²) >= 11 is 0. The van der Waals surface area contributed by atoms with E-state index in [2.05, 4.69) is 44.7 Å². The molecule has 0 nitrogen and oxygen atoms in total. The molecule has 0 aromatic heterocycles. The van der Waals surface area contributed by atoms with Crippen molar-refractivity contribution in [3.63, 3.8) is 0 Å². The number of aryl methyl sites for hydroxylation is 2. The van der Waals surface area contributed by atoms with Crippen LogP contribution in [0.1, 0.15) is 52.7 Å². The van der Waals surface area contributed by atoms with Crippen molar-refractivity contribution in [2.24, 2.45) is 0 Å². The molecule has 0 spiro atoms. The Hall–Kier alpha value is -1.82. The largest absolute Gasteiger partial charge is 0.0961 e. The summed E-state index contributed by atoms with van der Waals surface area (Å²) in [6, 6.07) is 8.36. The van der Waals surface area contributed by atoms with Gasteiger partial charge in [-0.2, -0.15) is 0 Å². The Kier molecular flexibility index (Phi) is 24.6. The summed E-state index contributed by atoms with van der Waals surface area (Å²) in [6.07, 6.45) is 11.9. The van der Waals surface area contributed by atoms with Gasteiger partial charge >= 0.3 is 0 Å². The molecular formula is C22H36. The lowest BCUT2D eigenvalue weighted by Crippen LogP contribution is -1.74. The summed E-state index contributed by atoms with van der Waals surface area (Å²) in [4.78, 5) is 0. The molecule has 0 saturated heterocycles. The first-order valence-electron chi connectivity index (χ1n) is 7.86. The van der Waals surface area contributed by atoms with Crippen molar-refractivity contribution < 1.29 is 0 Å². The third kappa shape index (κ3) is 26.7. The lowest BCUT2D eigenvalue weighted by atomic mass is 10.1. The van der Waals surface area contributed by atoms with Gasteiger partial charge in [-0.3, -0.25) is 0 Å². The van der Waals surface area contributed by atoms with E-state index in [9.17, 15) is 0 Å². The van der Waals surface area contributed by atoms with E-state index in [-0.39, 0.29) is 0 Å². The molecule has 0 amide bonds. The Bertz CT molecular complexity index is 392. The SMILES string of the molecule is C/C=C\C.C/C=C\C.C=C(C)/C=C/C.Cc1ccccc1C. The van der Waals surface area contributed by atoms with Crippen molar-refractivity contribution in [2.45, 2.75) is 55.4 Å². The fraction of sp³-hybridized carbons (Fsp3) is 0.364. The Morgan fingerprint density at radius 3 is 1.14 bits per heavy atom. The van der Waals surface area contributed by atoms with E-state index < -0.39 is 0 Å². The predicted octanol–water partition coefficient (Wildman–Crippen LogP) is 7.61. The van der Waals surface area contributed by atoms with E-state index in [1.165, 1.54) is 11.1 Å². The average Bonchev–Trinajstić information content (AvgIpc) is 2.51. The summed E-state index contributed by atoms with van der Waals surface area (Å²) in [5, 5.41) is 0. The summed E-state index contributed by atoms with van der Waals surface area (Å²) < 4.78 is 0. The van der Waals surface area contributed by atoms with E-state index >= 15 is 0 Å². The lowest BCUT2D eigenvalue weighted by molar-refractivity contribution is 1.34. The quantitative estimate of drug-likeness (QED) is 0.370. The molecule has 1 aromatic rings. The molecule has 22 heavy (non-hydrogen) atoms. The van der Waals surface area contributed by atoms with Crippen LogP contribution in [0.4, 0.5) is 0 Å². The highest BCUT2D eigenvalue weighted by Gasteiger charge is 1.83. The molecule has 0 atom stereocenters. The van der Waals surface area contributed by atoms with Crippen molar-refractivity contribution in [3.05, 3.63) is 84.0 Å². The Morgan fingerprint density at radius 2 is 1.05 bits per heavy atom. The van der Waals surface area contributed by atoms with Crippen molar-refractivity contribution in [2.75, 3.05) is 0 Å². The van der Waals surface area contributed by atoms with E-state index in [0.717, 1.165) is 5.57 Å². The summed E-state index contributed by atoms with van der Waals surface area (Å²) in [7, 11) is 0. The van der Waals surface area contributed by atoms with Crippen LogP contribution in [0.25, 0.3) is 0 Å². The molecule has 0 heterocycles. The zero-order valence-corrected chi connectivity index (χ0v) is 16.0. The van der Waals surface area contributed by atoms with Gasteiger partial charge in [-0.1, -0.05) is 72.9 Å². The Balaban J connectivity index is -0.000000231. The third-order valence-electron chi connectivity index (χ3n) is 2.54. The van der Waals surface area contributed by atoms with Crippen molar-refractivity contribution in [3.8, 4) is 0 Å². The molecule has 0 fully saturated rings. The maximum Gasteiger partial charge on any atom is -0.0395 e. The normalized spacial score (nSPS) is 9.45. The van der Waals surface area contributed by atoms with Gasteiger partial charge in [0.15, 0.2) is 0 Å². The molecule has 124 valence electrons. The van der Waals surface area contributed by atoms with Gasteiger partial charge in [-0.25, -0.2) is 0 Å². The minimum atomic E-state index is 1.11. The maximum atomic E-state index is 3.66. The molecule has 0 saturated carbocycles. The monoisotopic (exact) mass is 300 g/mol. The fourth-order valence-corrected chi connectivity index (χ4v) is 0.947. The molecule has 1 rings (SSSR count). The highest BCUT2D eigenvalue weighted by molar-refractivity contribution is 5.23. The van der Waals surface area contributed by atoms with Crippen LogP contribution >= 0.6 is 0 Å². The second-order valence-electron chi connectivity index (χ2n) is 4.76. The number of hydrogen-bond donors (Lipinski definition) is 0. The topological polar surface area (TPSA) is 0 Å². The summed E-state index contributed by atoms with van der Waals surface area (Å²) in [5.41, 5.74) is 3.84.